The zero-order valence-electron chi connectivity index (χ0n) is 15.9. The van der Waals surface area contributed by atoms with E-state index in [0.717, 1.165) is 28.3 Å². The Bertz CT molecular complexity index is 932. The second kappa shape index (κ2) is 7.61. The third-order valence-corrected chi connectivity index (χ3v) is 3.61. The van der Waals surface area contributed by atoms with Crippen LogP contribution in [0.3, 0.4) is 0 Å². The molecular formula is C19H23N5O3. The molecule has 0 unspecified atom stereocenters. The van der Waals surface area contributed by atoms with E-state index in [-0.39, 0.29) is 6.61 Å². The van der Waals surface area contributed by atoms with Gasteiger partial charge >= 0.3 is 6.16 Å². The minimum Gasteiger partial charge on any atom is -0.432 e. The normalized spacial score (nSPS) is 11.4. The van der Waals surface area contributed by atoms with Gasteiger partial charge in [0.25, 0.3) is 0 Å². The lowest BCUT2D eigenvalue weighted by molar-refractivity contribution is -0.00546. The minimum absolute atomic E-state index is 0.177. The first-order valence-electron chi connectivity index (χ1n) is 8.69. The minimum atomic E-state index is -0.681. The van der Waals surface area contributed by atoms with Crippen LogP contribution >= 0.6 is 0 Å². The number of pyridine rings is 1. The molecule has 0 aliphatic carbocycles. The van der Waals surface area contributed by atoms with E-state index in [1.165, 1.54) is 0 Å². The van der Waals surface area contributed by atoms with Crippen molar-refractivity contribution in [2.75, 3.05) is 18.5 Å². The van der Waals surface area contributed by atoms with Crippen LogP contribution in [0.2, 0.25) is 0 Å². The molecule has 0 saturated carbocycles. The van der Waals surface area contributed by atoms with Crippen LogP contribution in [0.5, 0.6) is 0 Å². The lowest BCUT2D eigenvalue weighted by Crippen LogP contribution is -2.25. The van der Waals surface area contributed by atoms with Gasteiger partial charge in [-0.2, -0.15) is 9.61 Å². The number of aryl methyl sites for hydroxylation is 1. The number of carbonyl (C=O) groups excluding carboxylic acids is 1. The highest BCUT2D eigenvalue weighted by atomic mass is 16.7. The maximum atomic E-state index is 11.6. The molecule has 8 nitrogen and oxygen atoms in total. The summed E-state index contributed by atoms with van der Waals surface area (Å²) in [7, 11) is 0. The Balaban J connectivity index is 1.70. The van der Waals surface area contributed by atoms with Crippen LogP contribution < -0.4 is 5.32 Å². The van der Waals surface area contributed by atoms with E-state index in [4.69, 9.17) is 9.47 Å². The standard InChI is InChI=1S/C19H23N5O3/c1-13-11-16(21-9-10-26-18(25)27-19(2,3)4)24-17(23-13)15(12-22-24)14-5-7-20-8-6-14/h5-8,11-12,21H,9-10H2,1-4H3. The Morgan fingerprint density at radius 1 is 1.26 bits per heavy atom. The maximum Gasteiger partial charge on any atom is 0.508 e. The van der Waals surface area contributed by atoms with E-state index in [1.807, 2.05) is 25.1 Å². The number of hydrogen-bond acceptors (Lipinski definition) is 7. The number of aromatic nitrogens is 4. The molecule has 0 aliphatic rings. The highest BCUT2D eigenvalue weighted by Crippen LogP contribution is 2.25. The van der Waals surface area contributed by atoms with Crippen molar-refractivity contribution in [3.05, 3.63) is 42.5 Å². The van der Waals surface area contributed by atoms with Crippen molar-refractivity contribution in [1.29, 1.82) is 0 Å². The second-order valence-electron chi connectivity index (χ2n) is 7.05. The Hall–Kier alpha value is -3.16. The summed E-state index contributed by atoms with van der Waals surface area (Å²) < 4.78 is 11.9. The molecule has 142 valence electrons. The molecule has 0 bridgehead atoms. The molecule has 0 radical (unpaired) electrons. The fourth-order valence-corrected chi connectivity index (χ4v) is 2.54. The fourth-order valence-electron chi connectivity index (χ4n) is 2.54. The summed E-state index contributed by atoms with van der Waals surface area (Å²) in [6, 6.07) is 5.73. The number of hydrogen-bond donors (Lipinski definition) is 1. The van der Waals surface area contributed by atoms with Gasteiger partial charge in [0, 0.05) is 29.7 Å². The molecule has 0 atom stereocenters. The zero-order chi connectivity index (χ0) is 19.4. The predicted octanol–water partition coefficient (Wildman–Crippen LogP) is 3.46. The summed E-state index contributed by atoms with van der Waals surface area (Å²) in [5.74, 6) is 0.769. The Morgan fingerprint density at radius 2 is 2.00 bits per heavy atom. The molecule has 3 heterocycles. The summed E-state index contributed by atoms with van der Waals surface area (Å²) >= 11 is 0. The van der Waals surface area contributed by atoms with Gasteiger partial charge in [0.2, 0.25) is 0 Å². The summed E-state index contributed by atoms with van der Waals surface area (Å²) in [6.45, 7) is 7.90. The van der Waals surface area contributed by atoms with E-state index in [1.54, 1.807) is 43.9 Å². The average Bonchev–Trinajstić information content (AvgIpc) is 3.01. The van der Waals surface area contributed by atoms with Gasteiger partial charge < -0.3 is 14.8 Å². The van der Waals surface area contributed by atoms with E-state index < -0.39 is 11.8 Å². The number of carbonyl (C=O) groups is 1. The van der Waals surface area contributed by atoms with Crippen molar-refractivity contribution in [2.45, 2.75) is 33.3 Å². The second-order valence-corrected chi connectivity index (χ2v) is 7.05. The largest absolute Gasteiger partial charge is 0.508 e. The van der Waals surface area contributed by atoms with Gasteiger partial charge in [-0.25, -0.2) is 9.78 Å². The van der Waals surface area contributed by atoms with Crippen molar-refractivity contribution in [1.82, 2.24) is 19.6 Å². The van der Waals surface area contributed by atoms with Gasteiger partial charge in [0.05, 0.1) is 12.7 Å². The van der Waals surface area contributed by atoms with Gasteiger partial charge in [0.1, 0.15) is 18.0 Å². The first-order valence-corrected chi connectivity index (χ1v) is 8.69. The molecule has 0 aliphatic heterocycles. The number of fused-ring (bicyclic) bond motifs is 1. The van der Waals surface area contributed by atoms with E-state index in [9.17, 15) is 4.79 Å². The van der Waals surface area contributed by atoms with E-state index in [2.05, 4.69) is 20.4 Å². The molecule has 0 amide bonds. The van der Waals surface area contributed by atoms with Crippen LogP contribution in [0, 0.1) is 6.92 Å². The number of rotatable bonds is 5. The van der Waals surface area contributed by atoms with Crippen LogP contribution in [0.1, 0.15) is 26.5 Å². The number of anilines is 1. The highest BCUT2D eigenvalue weighted by molar-refractivity contribution is 5.77. The molecule has 0 saturated heterocycles. The molecule has 27 heavy (non-hydrogen) atoms. The lowest BCUT2D eigenvalue weighted by atomic mass is 10.1. The zero-order valence-corrected chi connectivity index (χ0v) is 15.9. The van der Waals surface area contributed by atoms with Crippen LogP contribution in [0.25, 0.3) is 16.8 Å². The molecule has 0 spiro atoms. The number of nitrogens with zero attached hydrogens (tertiary/aromatic N) is 4. The van der Waals surface area contributed by atoms with Crippen molar-refractivity contribution >= 4 is 17.6 Å². The smallest absolute Gasteiger partial charge is 0.432 e. The maximum absolute atomic E-state index is 11.6. The molecule has 0 fully saturated rings. The first kappa shape index (κ1) is 18.6. The fraction of sp³-hybridized carbons (Fsp3) is 0.368. The Kier molecular flexibility index (Phi) is 5.25. The predicted molar refractivity (Wildman–Crippen MR) is 102 cm³/mol. The van der Waals surface area contributed by atoms with Crippen molar-refractivity contribution in [3.63, 3.8) is 0 Å². The summed E-state index contributed by atoms with van der Waals surface area (Å²) in [6.07, 6.45) is 4.57. The van der Waals surface area contributed by atoms with Crippen LogP contribution in [0.15, 0.2) is 36.8 Å². The van der Waals surface area contributed by atoms with Crippen molar-refractivity contribution in [3.8, 4) is 11.1 Å². The van der Waals surface area contributed by atoms with Crippen molar-refractivity contribution in [2.24, 2.45) is 0 Å². The van der Waals surface area contributed by atoms with Gasteiger partial charge in [-0.3, -0.25) is 4.98 Å². The lowest BCUT2D eigenvalue weighted by Gasteiger charge is -2.18. The molecule has 1 N–H and O–H groups in total. The first-order chi connectivity index (χ1) is 12.8. The Morgan fingerprint density at radius 3 is 2.70 bits per heavy atom. The van der Waals surface area contributed by atoms with Crippen LogP contribution in [0.4, 0.5) is 10.6 Å². The van der Waals surface area contributed by atoms with E-state index in [0.29, 0.717) is 6.54 Å². The van der Waals surface area contributed by atoms with Gasteiger partial charge in [-0.15, -0.1) is 0 Å². The monoisotopic (exact) mass is 369 g/mol. The van der Waals surface area contributed by atoms with Gasteiger partial charge in [-0.1, -0.05) is 0 Å². The quantitative estimate of drug-likeness (QED) is 0.544. The molecule has 3 aromatic heterocycles. The third kappa shape index (κ3) is 4.72. The highest BCUT2D eigenvalue weighted by Gasteiger charge is 2.17. The molecule has 8 heteroatoms. The van der Waals surface area contributed by atoms with Gasteiger partial charge in [0.15, 0.2) is 5.65 Å². The third-order valence-electron chi connectivity index (χ3n) is 3.61. The SMILES string of the molecule is Cc1cc(NCCOC(=O)OC(C)(C)C)n2ncc(-c3ccncc3)c2n1. The molecule has 0 aromatic carbocycles. The number of nitrogens with one attached hydrogen (secondary N) is 1. The van der Waals surface area contributed by atoms with Crippen LogP contribution in [-0.4, -0.2) is 44.5 Å². The molecular weight excluding hydrogens is 346 g/mol. The summed E-state index contributed by atoms with van der Waals surface area (Å²) in [4.78, 5) is 20.2. The van der Waals surface area contributed by atoms with Crippen LogP contribution in [-0.2, 0) is 9.47 Å². The summed E-state index contributed by atoms with van der Waals surface area (Å²) in [5, 5.41) is 7.66. The molecule has 3 aromatic rings. The summed E-state index contributed by atoms with van der Waals surface area (Å²) in [5.41, 5.74) is 2.95. The van der Waals surface area contributed by atoms with Crippen molar-refractivity contribution < 1.29 is 14.3 Å². The number of ether oxygens (including phenoxy) is 2. The Labute approximate surface area is 157 Å². The van der Waals surface area contributed by atoms with Gasteiger partial charge in [-0.05, 0) is 45.4 Å². The molecule has 3 rings (SSSR count). The van der Waals surface area contributed by atoms with E-state index >= 15 is 0 Å². The average molecular weight is 369 g/mol. The topological polar surface area (TPSA) is 90.6 Å².